The number of carbonyl (C=O) groups excluding carboxylic acids is 1. The maximum atomic E-state index is 11.6. The summed E-state index contributed by atoms with van der Waals surface area (Å²) in [5.74, 6) is 0.00811. The molecular weight excluding hydrogens is 228 g/mol. The van der Waals surface area contributed by atoms with E-state index < -0.39 is 0 Å². The zero-order valence-electron chi connectivity index (χ0n) is 11.4. The Hall–Kier alpha value is -1.55. The molecule has 18 heavy (non-hydrogen) atoms. The quantitative estimate of drug-likeness (QED) is 0.726. The van der Waals surface area contributed by atoms with Crippen LogP contribution >= 0.6 is 0 Å². The standard InChI is InChI=1S/C14H22N2O2/c1-11-6-4-7-12(2)14(11)16-10-13(17)15-8-5-9-18-3/h4,6-7,16H,5,8-10H2,1-3H3,(H,15,17). The van der Waals surface area contributed by atoms with Crippen molar-refractivity contribution in [1.29, 1.82) is 0 Å². The molecule has 1 amide bonds. The molecule has 0 radical (unpaired) electrons. The van der Waals surface area contributed by atoms with E-state index in [9.17, 15) is 4.79 Å². The lowest BCUT2D eigenvalue weighted by Gasteiger charge is -2.12. The van der Waals surface area contributed by atoms with Crippen LogP contribution in [0.3, 0.4) is 0 Å². The van der Waals surface area contributed by atoms with Crippen molar-refractivity contribution in [3.63, 3.8) is 0 Å². The molecule has 0 bridgehead atoms. The van der Waals surface area contributed by atoms with Gasteiger partial charge in [-0.05, 0) is 31.4 Å². The van der Waals surface area contributed by atoms with Crippen molar-refractivity contribution in [2.75, 3.05) is 32.1 Å². The van der Waals surface area contributed by atoms with Gasteiger partial charge in [0.05, 0.1) is 6.54 Å². The van der Waals surface area contributed by atoms with Crippen LogP contribution in [-0.4, -0.2) is 32.7 Å². The molecule has 0 aromatic heterocycles. The van der Waals surface area contributed by atoms with Gasteiger partial charge >= 0.3 is 0 Å². The van der Waals surface area contributed by atoms with Gasteiger partial charge < -0.3 is 15.4 Å². The lowest BCUT2D eigenvalue weighted by atomic mass is 10.1. The van der Waals surface area contributed by atoms with Crippen LogP contribution in [-0.2, 0) is 9.53 Å². The maximum absolute atomic E-state index is 11.6. The van der Waals surface area contributed by atoms with E-state index in [1.807, 2.05) is 32.0 Å². The number of amides is 1. The molecule has 0 saturated carbocycles. The number of hydrogen-bond acceptors (Lipinski definition) is 3. The summed E-state index contributed by atoms with van der Waals surface area (Å²) < 4.78 is 4.92. The van der Waals surface area contributed by atoms with Gasteiger partial charge in [-0.2, -0.15) is 0 Å². The minimum Gasteiger partial charge on any atom is -0.385 e. The molecular formula is C14H22N2O2. The van der Waals surface area contributed by atoms with Gasteiger partial charge in [-0.3, -0.25) is 4.79 Å². The molecule has 0 saturated heterocycles. The SMILES string of the molecule is COCCCNC(=O)CNc1c(C)cccc1C. The highest BCUT2D eigenvalue weighted by Gasteiger charge is 2.04. The van der Waals surface area contributed by atoms with Gasteiger partial charge in [0.1, 0.15) is 0 Å². The van der Waals surface area contributed by atoms with Crippen LogP contribution in [0.4, 0.5) is 5.69 Å². The number of benzene rings is 1. The average Bonchev–Trinajstić information content (AvgIpc) is 2.34. The van der Waals surface area contributed by atoms with E-state index in [-0.39, 0.29) is 5.91 Å². The highest BCUT2D eigenvalue weighted by atomic mass is 16.5. The third-order valence-corrected chi connectivity index (χ3v) is 2.75. The van der Waals surface area contributed by atoms with Gasteiger partial charge in [0, 0.05) is 25.9 Å². The number of methoxy groups -OCH3 is 1. The van der Waals surface area contributed by atoms with Gasteiger partial charge in [0.15, 0.2) is 0 Å². The molecule has 0 aliphatic carbocycles. The number of para-hydroxylation sites is 1. The number of carbonyl (C=O) groups is 1. The van der Waals surface area contributed by atoms with Gasteiger partial charge in [-0.25, -0.2) is 0 Å². The number of rotatable bonds is 7. The summed E-state index contributed by atoms with van der Waals surface area (Å²) in [7, 11) is 1.66. The Morgan fingerprint density at radius 3 is 2.56 bits per heavy atom. The maximum Gasteiger partial charge on any atom is 0.239 e. The summed E-state index contributed by atoms with van der Waals surface area (Å²) in [4.78, 5) is 11.6. The predicted octanol–water partition coefficient (Wildman–Crippen LogP) is 1.87. The minimum absolute atomic E-state index is 0.00811. The van der Waals surface area contributed by atoms with Crippen molar-refractivity contribution in [2.24, 2.45) is 0 Å². The Morgan fingerprint density at radius 2 is 1.94 bits per heavy atom. The molecule has 1 rings (SSSR count). The molecule has 4 nitrogen and oxygen atoms in total. The monoisotopic (exact) mass is 250 g/mol. The first-order valence-corrected chi connectivity index (χ1v) is 6.21. The van der Waals surface area contributed by atoms with Crippen LogP contribution in [0.25, 0.3) is 0 Å². The van der Waals surface area contributed by atoms with Gasteiger partial charge in [0.25, 0.3) is 0 Å². The first-order valence-electron chi connectivity index (χ1n) is 6.21. The van der Waals surface area contributed by atoms with E-state index in [0.29, 0.717) is 19.7 Å². The van der Waals surface area contributed by atoms with E-state index in [0.717, 1.165) is 23.2 Å². The normalized spacial score (nSPS) is 10.2. The van der Waals surface area contributed by atoms with Crippen LogP contribution < -0.4 is 10.6 Å². The fourth-order valence-corrected chi connectivity index (χ4v) is 1.77. The lowest BCUT2D eigenvalue weighted by Crippen LogP contribution is -2.31. The molecule has 1 aromatic carbocycles. The third kappa shape index (κ3) is 4.75. The van der Waals surface area contributed by atoms with Crippen LogP contribution in [0.5, 0.6) is 0 Å². The molecule has 0 spiro atoms. The summed E-state index contributed by atoms with van der Waals surface area (Å²) in [6.45, 7) is 5.70. The zero-order chi connectivity index (χ0) is 13.4. The Bertz CT molecular complexity index is 371. The topological polar surface area (TPSA) is 50.4 Å². The third-order valence-electron chi connectivity index (χ3n) is 2.75. The van der Waals surface area contributed by atoms with Crippen LogP contribution in [0.1, 0.15) is 17.5 Å². The fourth-order valence-electron chi connectivity index (χ4n) is 1.77. The molecule has 1 aromatic rings. The number of ether oxygens (including phenoxy) is 1. The van der Waals surface area contributed by atoms with Crippen LogP contribution in [0.15, 0.2) is 18.2 Å². The fraction of sp³-hybridized carbons (Fsp3) is 0.500. The summed E-state index contributed by atoms with van der Waals surface area (Å²) in [5, 5.41) is 6.02. The second kappa shape index (κ2) is 7.71. The molecule has 2 N–H and O–H groups in total. The van der Waals surface area contributed by atoms with Gasteiger partial charge in [-0.1, -0.05) is 18.2 Å². The smallest absolute Gasteiger partial charge is 0.239 e. The minimum atomic E-state index is 0.00811. The summed E-state index contributed by atoms with van der Waals surface area (Å²) in [5.41, 5.74) is 3.36. The van der Waals surface area contributed by atoms with Gasteiger partial charge in [-0.15, -0.1) is 0 Å². The first-order chi connectivity index (χ1) is 8.65. The van der Waals surface area contributed by atoms with Crippen molar-refractivity contribution >= 4 is 11.6 Å². The number of nitrogens with one attached hydrogen (secondary N) is 2. The van der Waals surface area contributed by atoms with E-state index >= 15 is 0 Å². The highest BCUT2D eigenvalue weighted by Crippen LogP contribution is 2.18. The molecule has 4 heteroatoms. The van der Waals surface area contributed by atoms with E-state index in [2.05, 4.69) is 10.6 Å². The van der Waals surface area contributed by atoms with Gasteiger partial charge in [0.2, 0.25) is 5.91 Å². The van der Waals surface area contributed by atoms with Crippen molar-refractivity contribution in [3.05, 3.63) is 29.3 Å². The molecule has 100 valence electrons. The van der Waals surface area contributed by atoms with Crippen molar-refractivity contribution in [2.45, 2.75) is 20.3 Å². The number of anilines is 1. The second-order valence-electron chi connectivity index (χ2n) is 4.32. The van der Waals surface area contributed by atoms with Crippen LogP contribution in [0.2, 0.25) is 0 Å². The average molecular weight is 250 g/mol. The second-order valence-corrected chi connectivity index (χ2v) is 4.32. The first kappa shape index (κ1) is 14.5. The van der Waals surface area contributed by atoms with Crippen molar-refractivity contribution < 1.29 is 9.53 Å². The summed E-state index contributed by atoms with van der Waals surface area (Å²) in [6, 6.07) is 6.08. The largest absolute Gasteiger partial charge is 0.385 e. The van der Waals surface area contributed by atoms with E-state index in [1.165, 1.54) is 0 Å². The Kier molecular flexibility index (Phi) is 6.22. The summed E-state index contributed by atoms with van der Waals surface area (Å²) >= 11 is 0. The predicted molar refractivity (Wildman–Crippen MR) is 73.9 cm³/mol. The molecule has 0 fully saturated rings. The molecule has 0 unspecified atom stereocenters. The van der Waals surface area contributed by atoms with Crippen molar-refractivity contribution in [3.8, 4) is 0 Å². The molecule has 0 aliphatic rings. The van der Waals surface area contributed by atoms with E-state index in [1.54, 1.807) is 7.11 Å². The Labute approximate surface area is 109 Å². The van der Waals surface area contributed by atoms with E-state index in [4.69, 9.17) is 4.74 Å². The lowest BCUT2D eigenvalue weighted by molar-refractivity contribution is -0.119. The molecule has 0 heterocycles. The number of aryl methyl sites for hydroxylation is 2. The Morgan fingerprint density at radius 1 is 1.28 bits per heavy atom. The summed E-state index contributed by atoms with van der Waals surface area (Å²) in [6.07, 6.45) is 0.839. The Balaban J connectivity index is 2.34. The van der Waals surface area contributed by atoms with Crippen molar-refractivity contribution in [1.82, 2.24) is 5.32 Å². The highest BCUT2D eigenvalue weighted by molar-refractivity contribution is 5.81. The molecule has 0 aliphatic heterocycles. The molecule has 0 atom stereocenters. The number of hydrogen-bond donors (Lipinski definition) is 2. The zero-order valence-corrected chi connectivity index (χ0v) is 11.4. The van der Waals surface area contributed by atoms with Crippen LogP contribution in [0, 0.1) is 13.8 Å².